The van der Waals surface area contributed by atoms with Gasteiger partial charge in [0.2, 0.25) is 0 Å². The normalized spacial score (nSPS) is 13.9. The number of ether oxygens (including phenoxy) is 4. The number of fused-ring (bicyclic) bond motifs is 2. The first-order valence-electron chi connectivity index (χ1n) is 12.8. The summed E-state index contributed by atoms with van der Waals surface area (Å²) in [6.45, 7) is 0. The van der Waals surface area contributed by atoms with Gasteiger partial charge in [-0.1, -0.05) is 49.2 Å². The largest absolute Gasteiger partial charge is 0.492 e. The van der Waals surface area contributed by atoms with Crippen LogP contribution in [0.15, 0.2) is 60.9 Å². The molecule has 0 saturated heterocycles. The van der Waals surface area contributed by atoms with Crippen molar-refractivity contribution in [3.05, 3.63) is 60.9 Å². The van der Waals surface area contributed by atoms with Gasteiger partial charge in [-0.15, -0.1) is 0 Å². The Morgan fingerprint density at radius 1 is 0.676 bits per heavy atom. The van der Waals surface area contributed by atoms with Gasteiger partial charge in [0.15, 0.2) is 23.0 Å². The molecule has 1 N–H and O–H groups in total. The zero-order valence-electron chi connectivity index (χ0n) is 21.8. The van der Waals surface area contributed by atoms with Crippen LogP contribution >= 0.6 is 0 Å². The van der Waals surface area contributed by atoms with Crippen LogP contribution in [0.4, 0.5) is 0 Å². The van der Waals surface area contributed by atoms with Gasteiger partial charge in [-0.25, -0.2) is 0 Å². The molecular formula is C31H32N2O4. The first-order valence-corrected chi connectivity index (χ1v) is 12.8. The third-order valence-electron chi connectivity index (χ3n) is 7.72. The molecule has 1 aliphatic carbocycles. The van der Waals surface area contributed by atoms with Gasteiger partial charge >= 0.3 is 0 Å². The van der Waals surface area contributed by atoms with Crippen LogP contribution in [0.5, 0.6) is 23.0 Å². The summed E-state index contributed by atoms with van der Waals surface area (Å²) in [5, 5.41) is 2.21. The maximum absolute atomic E-state index is 6.12. The van der Waals surface area contributed by atoms with Crippen LogP contribution in [-0.2, 0) is 0 Å². The fourth-order valence-electron chi connectivity index (χ4n) is 6.10. The van der Waals surface area contributed by atoms with Crippen molar-refractivity contribution in [1.82, 2.24) is 9.55 Å². The topological polar surface area (TPSA) is 57.6 Å². The number of benzene rings is 3. The summed E-state index contributed by atoms with van der Waals surface area (Å²) in [6, 6.07) is 17.2. The predicted molar refractivity (Wildman–Crippen MR) is 148 cm³/mol. The smallest absolute Gasteiger partial charge is 0.173 e. The summed E-state index contributed by atoms with van der Waals surface area (Å²) < 4.78 is 26.8. The van der Waals surface area contributed by atoms with E-state index in [4.69, 9.17) is 18.9 Å². The molecule has 0 spiro atoms. The molecule has 2 heterocycles. The molecule has 1 saturated carbocycles. The Labute approximate surface area is 216 Å². The molecule has 190 valence electrons. The van der Waals surface area contributed by atoms with Gasteiger partial charge in [0.1, 0.15) is 0 Å². The highest BCUT2D eigenvalue weighted by atomic mass is 16.5. The molecular weight excluding hydrogens is 464 g/mol. The first kappa shape index (κ1) is 23.3. The highest BCUT2D eigenvalue weighted by Crippen LogP contribution is 2.58. The third-order valence-corrected chi connectivity index (χ3v) is 7.72. The minimum Gasteiger partial charge on any atom is -0.492 e. The number of para-hydroxylation sites is 2. The van der Waals surface area contributed by atoms with Crippen LogP contribution in [0.1, 0.15) is 31.7 Å². The molecule has 1 fully saturated rings. The van der Waals surface area contributed by atoms with E-state index in [9.17, 15) is 0 Å². The number of rotatable bonds is 7. The Morgan fingerprint density at radius 2 is 1.22 bits per heavy atom. The molecule has 0 atom stereocenters. The zero-order chi connectivity index (χ0) is 25.5. The number of aromatic nitrogens is 2. The fourth-order valence-corrected chi connectivity index (χ4v) is 6.10. The molecule has 37 heavy (non-hydrogen) atoms. The van der Waals surface area contributed by atoms with Crippen LogP contribution < -0.4 is 18.9 Å². The summed E-state index contributed by atoms with van der Waals surface area (Å²) in [5.74, 6) is 2.46. The molecule has 0 aliphatic heterocycles. The van der Waals surface area contributed by atoms with Crippen molar-refractivity contribution in [3.63, 3.8) is 0 Å². The lowest BCUT2D eigenvalue weighted by Gasteiger charge is -2.23. The Morgan fingerprint density at radius 3 is 1.84 bits per heavy atom. The highest BCUT2D eigenvalue weighted by molar-refractivity contribution is 6.06. The number of hydrogen-bond acceptors (Lipinski definition) is 4. The van der Waals surface area contributed by atoms with E-state index in [1.165, 1.54) is 31.2 Å². The zero-order valence-corrected chi connectivity index (χ0v) is 21.8. The molecule has 5 aromatic rings. The van der Waals surface area contributed by atoms with Gasteiger partial charge in [0, 0.05) is 51.4 Å². The van der Waals surface area contributed by atoms with E-state index in [-0.39, 0.29) is 0 Å². The Bertz CT molecular complexity index is 1560. The van der Waals surface area contributed by atoms with Crippen molar-refractivity contribution in [1.29, 1.82) is 0 Å². The second kappa shape index (κ2) is 9.43. The highest BCUT2D eigenvalue weighted by Gasteiger charge is 2.32. The number of hydrogen-bond donors (Lipinski definition) is 1. The summed E-state index contributed by atoms with van der Waals surface area (Å²) in [7, 11) is 6.71. The molecule has 6 heteroatoms. The van der Waals surface area contributed by atoms with Gasteiger partial charge < -0.3 is 28.5 Å². The minimum atomic E-state index is 0.491. The van der Waals surface area contributed by atoms with E-state index in [1.807, 2.05) is 18.3 Å². The van der Waals surface area contributed by atoms with Crippen molar-refractivity contribution in [2.24, 2.45) is 0 Å². The predicted octanol–water partition coefficient (Wildman–Crippen LogP) is 7.61. The van der Waals surface area contributed by atoms with Gasteiger partial charge in [-0.2, -0.15) is 0 Å². The standard InChI is InChI=1S/C31H32N2O4/c1-34-28-26(22-17-32-24-15-9-7-13-20(22)24)29(35-2)31(37-4)27(30(28)36-3)23-18-33(19-11-5-6-12-19)25-16-10-8-14-21(23)25/h7-10,13-19,32H,5-6,11-12H2,1-4H3. The Balaban J connectivity index is 1.70. The van der Waals surface area contributed by atoms with E-state index in [0.717, 1.165) is 38.5 Å². The van der Waals surface area contributed by atoms with Crippen molar-refractivity contribution in [2.75, 3.05) is 28.4 Å². The number of H-pyrrole nitrogens is 1. The third kappa shape index (κ3) is 3.54. The average molecular weight is 497 g/mol. The number of nitrogens with one attached hydrogen (secondary N) is 1. The molecule has 6 nitrogen and oxygen atoms in total. The number of nitrogens with zero attached hydrogens (tertiary/aromatic N) is 1. The number of aromatic amines is 1. The van der Waals surface area contributed by atoms with E-state index in [1.54, 1.807) is 28.4 Å². The van der Waals surface area contributed by atoms with Gasteiger partial charge in [0.25, 0.3) is 0 Å². The van der Waals surface area contributed by atoms with Gasteiger partial charge in [-0.3, -0.25) is 0 Å². The molecule has 0 radical (unpaired) electrons. The molecule has 0 bridgehead atoms. The minimum absolute atomic E-state index is 0.491. The van der Waals surface area contributed by atoms with Crippen LogP contribution in [0, 0.1) is 0 Å². The maximum atomic E-state index is 6.12. The Kier molecular flexibility index (Phi) is 5.95. The van der Waals surface area contributed by atoms with E-state index >= 15 is 0 Å². The summed E-state index contributed by atoms with van der Waals surface area (Å²) >= 11 is 0. The average Bonchev–Trinajstić information content (AvgIpc) is 3.70. The van der Waals surface area contributed by atoms with Crippen LogP contribution in [-0.4, -0.2) is 38.0 Å². The van der Waals surface area contributed by atoms with E-state index < -0.39 is 0 Å². The SMILES string of the molecule is COc1c(OC)c(-c2cn(C3CCCC3)c3ccccc23)c(OC)c(OC)c1-c1c[nH]c2ccccc12. The van der Waals surface area contributed by atoms with Crippen molar-refractivity contribution >= 4 is 21.8 Å². The fraction of sp³-hybridized carbons (Fsp3) is 0.290. The Hall–Kier alpha value is -4.06. The lowest BCUT2D eigenvalue weighted by molar-refractivity contribution is 0.333. The van der Waals surface area contributed by atoms with Crippen molar-refractivity contribution < 1.29 is 18.9 Å². The second-order valence-corrected chi connectivity index (χ2v) is 9.54. The maximum Gasteiger partial charge on any atom is 0.173 e. The number of methoxy groups -OCH3 is 4. The molecule has 1 aliphatic rings. The lowest BCUT2D eigenvalue weighted by atomic mass is 9.94. The summed E-state index contributed by atoms with van der Waals surface area (Å²) in [6.07, 6.45) is 9.15. The lowest BCUT2D eigenvalue weighted by Crippen LogP contribution is -2.03. The van der Waals surface area contributed by atoms with E-state index in [2.05, 4.69) is 52.1 Å². The van der Waals surface area contributed by atoms with Crippen molar-refractivity contribution in [2.45, 2.75) is 31.7 Å². The quantitative estimate of drug-likeness (QED) is 0.252. The molecule has 3 aromatic carbocycles. The molecule has 0 unspecified atom stereocenters. The van der Waals surface area contributed by atoms with Crippen LogP contribution in [0.2, 0.25) is 0 Å². The second-order valence-electron chi connectivity index (χ2n) is 9.54. The molecule has 0 amide bonds. The monoisotopic (exact) mass is 496 g/mol. The summed E-state index contributed by atoms with van der Waals surface area (Å²) in [5.41, 5.74) is 5.86. The first-order chi connectivity index (χ1) is 18.2. The molecule has 6 rings (SSSR count). The summed E-state index contributed by atoms with van der Waals surface area (Å²) in [4.78, 5) is 3.37. The van der Waals surface area contributed by atoms with E-state index in [0.29, 0.717) is 29.0 Å². The van der Waals surface area contributed by atoms with Gasteiger partial charge in [-0.05, 0) is 25.0 Å². The van der Waals surface area contributed by atoms with Gasteiger partial charge in [0.05, 0.1) is 39.6 Å². The van der Waals surface area contributed by atoms with Crippen LogP contribution in [0.3, 0.4) is 0 Å². The van der Waals surface area contributed by atoms with Crippen molar-refractivity contribution in [3.8, 4) is 45.3 Å². The molecule has 2 aromatic heterocycles. The van der Waals surface area contributed by atoms with Crippen LogP contribution in [0.25, 0.3) is 44.1 Å².